The highest BCUT2D eigenvalue weighted by molar-refractivity contribution is 5.89. The smallest absolute Gasteiger partial charge is 0.225 e. The van der Waals surface area contributed by atoms with Gasteiger partial charge in [-0.25, -0.2) is 4.68 Å². The van der Waals surface area contributed by atoms with Crippen molar-refractivity contribution in [1.29, 1.82) is 0 Å². The highest BCUT2D eigenvalue weighted by Crippen LogP contribution is 2.47. The average molecular weight is 410 g/mol. The number of aryl methyl sites for hydroxylation is 2. The van der Waals surface area contributed by atoms with Crippen molar-refractivity contribution in [2.45, 2.75) is 18.8 Å². The molecule has 1 fully saturated rings. The molecule has 8 nitrogen and oxygen atoms in total. The summed E-state index contributed by atoms with van der Waals surface area (Å²) in [5.74, 6) is 1.99. The van der Waals surface area contributed by atoms with Crippen molar-refractivity contribution in [3.05, 3.63) is 60.4 Å². The Morgan fingerprint density at radius 2 is 1.77 bits per heavy atom. The fraction of sp³-hybridized carbons (Fsp3) is 0.217. The Labute approximate surface area is 178 Å². The summed E-state index contributed by atoms with van der Waals surface area (Å²) >= 11 is 0. The number of nitrogens with zero attached hydrogens (tertiary/aromatic N) is 6. The zero-order chi connectivity index (χ0) is 20.9. The van der Waals surface area contributed by atoms with Crippen molar-refractivity contribution in [1.82, 2.24) is 34.7 Å². The van der Waals surface area contributed by atoms with Crippen LogP contribution in [0.4, 0.5) is 11.6 Å². The second-order valence-electron chi connectivity index (χ2n) is 8.09. The van der Waals surface area contributed by atoms with E-state index in [-0.39, 0.29) is 0 Å². The molecule has 3 aromatic heterocycles. The largest absolute Gasteiger partial charge is 0.324 e. The van der Waals surface area contributed by atoms with Gasteiger partial charge in [-0.05, 0) is 42.5 Å². The molecule has 0 atom stereocenters. The lowest BCUT2D eigenvalue weighted by atomic mass is 10.0. The Kier molecular flexibility index (Phi) is 3.92. The first kappa shape index (κ1) is 17.9. The Hall–Kier alpha value is -3.94. The van der Waals surface area contributed by atoms with Crippen molar-refractivity contribution in [2.75, 3.05) is 5.32 Å². The van der Waals surface area contributed by atoms with Gasteiger partial charge < -0.3 is 5.32 Å². The number of rotatable bonds is 5. The van der Waals surface area contributed by atoms with E-state index in [9.17, 15) is 0 Å². The lowest BCUT2D eigenvalue weighted by molar-refractivity contribution is 0.771. The summed E-state index contributed by atoms with van der Waals surface area (Å²) in [6.45, 7) is 0. The van der Waals surface area contributed by atoms with Gasteiger partial charge in [0.1, 0.15) is 0 Å². The normalized spacial score (nSPS) is 13.7. The number of anilines is 2. The molecule has 1 aliphatic rings. The molecule has 2 N–H and O–H groups in total. The van der Waals surface area contributed by atoms with Crippen LogP contribution in [0.15, 0.2) is 54.9 Å². The Bertz CT molecular complexity index is 1390. The van der Waals surface area contributed by atoms with Crippen LogP contribution in [-0.4, -0.2) is 34.7 Å². The van der Waals surface area contributed by atoms with Crippen LogP contribution in [0.3, 0.4) is 0 Å². The molecule has 0 aliphatic heterocycles. The highest BCUT2D eigenvalue weighted by Gasteiger charge is 2.29. The summed E-state index contributed by atoms with van der Waals surface area (Å²) in [6, 6.07) is 14.4. The third-order valence-electron chi connectivity index (χ3n) is 5.81. The van der Waals surface area contributed by atoms with Gasteiger partial charge in [-0.2, -0.15) is 15.2 Å². The van der Waals surface area contributed by atoms with E-state index in [0.717, 1.165) is 28.0 Å². The topological polar surface area (TPSA) is 89.2 Å². The van der Waals surface area contributed by atoms with Crippen LogP contribution < -0.4 is 5.32 Å². The van der Waals surface area contributed by atoms with E-state index in [1.54, 1.807) is 9.36 Å². The van der Waals surface area contributed by atoms with Gasteiger partial charge in [0.05, 0.1) is 17.4 Å². The van der Waals surface area contributed by atoms with E-state index in [2.05, 4.69) is 50.0 Å². The SMILES string of the molecule is Cn1ccc(-c2ccc(-c3nc(Nc4ccc5[nH]ncc5c4C4CC4)n(C)n3)cc2)n1. The van der Waals surface area contributed by atoms with Gasteiger partial charge in [0.2, 0.25) is 5.95 Å². The molecule has 8 heteroatoms. The molecule has 1 aliphatic carbocycles. The van der Waals surface area contributed by atoms with E-state index in [4.69, 9.17) is 4.98 Å². The molecule has 3 heterocycles. The van der Waals surface area contributed by atoms with Crippen LogP contribution in [0, 0.1) is 0 Å². The molecule has 154 valence electrons. The molecule has 5 aromatic rings. The van der Waals surface area contributed by atoms with E-state index in [1.807, 2.05) is 44.7 Å². The van der Waals surface area contributed by atoms with E-state index < -0.39 is 0 Å². The van der Waals surface area contributed by atoms with E-state index >= 15 is 0 Å². The number of aromatic amines is 1. The zero-order valence-corrected chi connectivity index (χ0v) is 17.4. The molecule has 6 rings (SSSR count). The van der Waals surface area contributed by atoms with Gasteiger partial charge in [-0.1, -0.05) is 24.3 Å². The highest BCUT2D eigenvalue weighted by atomic mass is 15.4. The first-order chi connectivity index (χ1) is 15.2. The number of benzene rings is 2. The molecule has 0 saturated heterocycles. The molecule has 0 spiro atoms. The number of aromatic nitrogens is 7. The predicted octanol–water partition coefficient (Wildman–Crippen LogP) is 4.38. The van der Waals surface area contributed by atoms with Crippen LogP contribution >= 0.6 is 0 Å². The van der Waals surface area contributed by atoms with Gasteiger partial charge in [0, 0.05) is 42.5 Å². The van der Waals surface area contributed by atoms with Crippen LogP contribution in [0.25, 0.3) is 33.5 Å². The molecular weight excluding hydrogens is 388 g/mol. The summed E-state index contributed by atoms with van der Waals surface area (Å²) in [6.07, 6.45) is 6.29. The standard InChI is InChI=1S/C23H22N8/c1-30-12-11-18(28-30)14-3-7-16(8-4-14)22-26-23(31(2)29-22)25-20-10-9-19-17(13-24-27-19)21(20)15-5-6-15/h3-4,7-13,15H,5-6H2,1-2H3,(H,24,27)(H,25,26,29). The number of H-pyrrole nitrogens is 1. The monoisotopic (exact) mass is 410 g/mol. The summed E-state index contributed by atoms with van der Waals surface area (Å²) in [7, 11) is 3.83. The number of nitrogens with one attached hydrogen (secondary N) is 2. The molecule has 0 bridgehead atoms. The molecule has 2 aromatic carbocycles. The van der Waals surface area contributed by atoms with E-state index in [0.29, 0.717) is 17.7 Å². The van der Waals surface area contributed by atoms with Gasteiger partial charge in [-0.15, -0.1) is 5.10 Å². The second-order valence-corrected chi connectivity index (χ2v) is 8.09. The Morgan fingerprint density at radius 3 is 2.52 bits per heavy atom. The van der Waals surface area contributed by atoms with Crippen molar-refractivity contribution in [2.24, 2.45) is 14.1 Å². The van der Waals surface area contributed by atoms with Crippen molar-refractivity contribution < 1.29 is 0 Å². The fourth-order valence-electron chi connectivity index (χ4n) is 4.06. The van der Waals surface area contributed by atoms with Gasteiger partial charge >= 0.3 is 0 Å². The summed E-state index contributed by atoms with van der Waals surface area (Å²) < 4.78 is 3.59. The van der Waals surface area contributed by atoms with Crippen LogP contribution in [0.1, 0.15) is 24.3 Å². The molecule has 1 saturated carbocycles. The fourth-order valence-corrected chi connectivity index (χ4v) is 4.06. The molecule has 0 unspecified atom stereocenters. The number of hydrogen-bond acceptors (Lipinski definition) is 5. The van der Waals surface area contributed by atoms with Crippen molar-refractivity contribution >= 4 is 22.5 Å². The summed E-state index contributed by atoms with van der Waals surface area (Å²) in [4.78, 5) is 4.77. The quantitative estimate of drug-likeness (QED) is 0.449. The first-order valence-corrected chi connectivity index (χ1v) is 10.4. The molecule has 0 amide bonds. The van der Waals surface area contributed by atoms with E-state index in [1.165, 1.54) is 23.8 Å². The number of hydrogen-bond donors (Lipinski definition) is 2. The maximum Gasteiger partial charge on any atom is 0.225 e. The van der Waals surface area contributed by atoms with Crippen molar-refractivity contribution in [3.63, 3.8) is 0 Å². The zero-order valence-electron chi connectivity index (χ0n) is 17.4. The minimum absolute atomic E-state index is 0.579. The Balaban J connectivity index is 1.31. The van der Waals surface area contributed by atoms with Crippen LogP contribution in [-0.2, 0) is 14.1 Å². The Morgan fingerprint density at radius 1 is 0.968 bits per heavy atom. The number of fused-ring (bicyclic) bond motifs is 1. The van der Waals surface area contributed by atoms with Crippen molar-refractivity contribution in [3.8, 4) is 22.6 Å². The summed E-state index contributed by atoms with van der Waals surface area (Å²) in [5.41, 5.74) is 6.45. The molecular formula is C23H22N8. The van der Waals surface area contributed by atoms with Crippen LogP contribution in [0.5, 0.6) is 0 Å². The van der Waals surface area contributed by atoms with Gasteiger partial charge in [0.15, 0.2) is 5.82 Å². The van der Waals surface area contributed by atoms with Gasteiger partial charge in [0.25, 0.3) is 0 Å². The molecule has 31 heavy (non-hydrogen) atoms. The van der Waals surface area contributed by atoms with Crippen LogP contribution in [0.2, 0.25) is 0 Å². The second kappa shape index (κ2) is 6.80. The maximum absolute atomic E-state index is 4.77. The summed E-state index contributed by atoms with van der Waals surface area (Å²) in [5, 5.41) is 21.1. The minimum atomic E-state index is 0.579. The minimum Gasteiger partial charge on any atom is -0.324 e. The average Bonchev–Trinajstić information content (AvgIpc) is 3.15. The third kappa shape index (κ3) is 3.16. The van der Waals surface area contributed by atoms with Gasteiger partial charge in [-0.3, -0.25) is 9.78 Å². The maximum atomic E-state index is 4.77. The lowest BCUT2D eigenvalue weighted by Crippen LogP contribution is -2.02. The third-order valence-corrected chi connectivity index (χ3v) is 5.81. The first-order valence-electron chi connectivity index (χ1n) is 10.4. The lowest BCUT2D eigenvalue weighted by Gasteiger charge is -2.11. The molecule has 0 radical (unpaired) electrons. The predicted molar refractivity (Wildman–Crippen MR) is 120 cm³/mol.